The predicted molar refractivity (Wildman–Crippen MR) is 115 cm³/mol. The zero-order valence-electron chi connectivity index (χ0n) is 18.1. The molecular formula is C22H30N4O4. The molecule has 30 heavy (non-hydrogen) atoms. The Morgan fingerprint density at radius 1 is 1.03 bits per heavy atom. The lowest BCUT2D eigenvalue weighted by molar-refractivity contribution is -0.127. The topological polar surface area (TPSA) is 69.1 Å². The smallest absolute Gasteiger partial charge is 0.246 e. The average Bonchev–Trinajstić information content (AvgIpc) is 3.20. The Morgan fingerprint density at radius 2 is 1.70 bits per heavy atom. The molecule has 0 spiro atoms. The van der Waals surface area contributed by atoms with Crippen molar-refractivity contribution in [3.8, 4) is 17.2 Å². The van der Waals surface area contributed by atoms with Crippen LogP contribution in [-0.4, -0.2) is 79.3 Å². The average molecular weight is 415 g/mol. The first kappa shape index (κ1) is 21.7. The number of ether oxygens (including phenoxy) is 3. The molecule has 1 saturated heterocycles. The fraction of sp³-hybridized carbons (Fsp3) is 0.455. The summed E-state index contributed by atoms with van der Waals surface area (Å²) >= 11 is 0. The van der Waals surface area contributed by atoms with Gasteiger partial charge in [-0.1, -0.05) is 0 Å². The summed E-state index contributed by atoms with van der Waals surface area (Å²) in [5, 5.41) is 0. The molecule has 0 N–H and O–H groups in total. The van der Waals surface area contributed by atoms with Crippen molar-refractivity contribution in [2.24, 2.45) is 0 Å². The number of benzene rings is 1. The minimum Gasteiger partial charge on any atom is -0.493 e. The van der Waals surface area contributed by atoms with Gasteiger partial charge in [0.25, 0.3) is 0 Å². The first-order chi connectivity index (χ1) is 14.5. The van der Waals surface area contributed by atoms with Crippen LogP contribution in [0.3, 0.4) is 0 Å². The highest BCUT2D eigenvalue weighted by molar-refractivity contribution is 5.92. The van der Waals surface area contributed by atoms with Gasteiger partial charge in [-0.3, -0.25) is 9.69 Å². The van der Waals surface area contributed by atoms with E-state index in [0.29, 0.717) is 17.2 Å². The van der Waals surface area contributed by atoms with Crippen molar-refractivity contribution in [1.29, 1.82) is 0 Å². The standard InChI is InChI=1S/C22H30N4O4/c1-17-23-7-8-25(17)12-9-24-10-13-26(14-11-24)21(27)6-5-18-15-19(28-2)22(30-4)20(16-18)29-3/h5-8,15-16H,9-14H2,1-4H3/b6-5+. The quantitative estimate of drug-likeness (QED) is 0.616. The van der Waals surface area contributed by atoms with Crippen LogP contribution in [0.15, 0.2) is 30.6 Å². The third-order valence-corrected chi connectivity index (χ3v) is 5.37. The Balaban J connectivity index is 1.54. The number of carbonyl (C=O) groups is 1. The van der Waals surface area contributed by atoms with Gasteiger partial charge in [-0.25, -0.2) is 4.98 Å². The molecule has 1 amide bonds. The van der Waals surface area contributed by atoms with Gasteiger partial charge in [0.1, 0.15) is 5.82 Å². The molecule has 0 saturated carbocycles. The van der Waals surface area contributed by atoms with Gasteiger partial charge in [0.05, 0.1) is 21.3 Å². The zero-order chi connectivity index (χ0) is 21.5. The lowest BCUT2D eigenvalue weighted by atomic mass is 10.1. The van der Waals surface area contributed by atoms with Crippen molar-refractivity contribution >= 4 is 12.0 Å². The second-order valence-electron chi connectivity index (χ2n) is 7.13. The van der Waals surface area contributed by atoms with E-state index in [1.54, 1.807) is 33.5 Å². The summed E-state index contributed by atoms with van der Waals surface area (Å²) in [6.07, 6.45) is 7.21. The van der Waals surface area contributed by atoms with Crippen LogP contribution in [0, 0.1) is 6.92 Å². The SMILES string of the molecule is COc1cc(/C=C/C(=O)N2CCN(CCn3ccnc3C)CC2)cc(OC)c1OC. The van der Waals surface area contributed by atoms with Gasteiger partial charge in [0.2, 0.25) is 11.7 Å². The van der Waals surface area contributed by atoms with Crippen LogP contribution in [0.25, 0.3) is 6.08 Å². The number of nitrogens with zero attached hydrogens (tertiary/aromatic N) is 4. The fourth-order valence-electron chi connectivity index (χ4n) is 3.55. The number of aryl methyl sites for hydroxylation is 1. The van der Waals surface area contributed by atoms with E-state index in [2.05, 4.69) is 14.5 Å². The monoisotopic (exact) mass is 414 g/mol. The van der Waals surface area contributed by atoms with Gasteiger partial charge >= 0.3 is 0 Å². The highest BCUT2D eigenvalue weighted by atomic mass is 16.5. The molecule has 0 atom stereocenters. The van der Waals surface area contributed by atoms with Gasteiger partial charge in [-0.2, -0.15) is 0 Å². The molecule has 3 rings (SSSR count). The molecule has 1 fully saturated rings. The van der Waals surface area contributed by atoms with Crippen LogP contribution in [-0.2, 0) is 11.3 Å². The summed E-state index contributed by atoms with van der Waals surface area (Å²) in [6.45, 7) is 7.08. The number of methoxy groups -OCH3 is 3. The molecule has 0 unspecified atom stereocenters. The van der Waals surface area contributed by atoms with Crippen LogP contribution < -0.4 is 14.2 Å². The summed E-state index contributed by atoms with van der Waals surface area (Å²) in [4.78, 5) is 21.1. The molecule has 0 bridgehead atoms. The first-order valence-electron chi connectivity index (χ1n) is 10.0. The largest absolute Gasteiger partial charge is 0.493 e. The van der Waals surface area contributed by atoms with E-state index in [0.717, 1.165) is 50.7 Å². The van der Waals surface area contributed by atoms with E-state index in [-0.39, 0.29) is 5.91 Å². The van der Waals surface area contributed by atoms with Crippen molar-refractivity contribution in [1.82, 2.24) is 19.4 Å². The van der Waals surface area contributed by atoms with E-state index < -0.39 is 0 Å². The number of imidazole rings is 1. The molecule has 2 heterocycles. The Labute approximate surface area is 177 Å². The molecule has 8 heteroatoms. The second-order valence-corrected chi connectivity index (χ2v) is 7.13. The zero-order valence-corrected chi connectivity index (χ0v) is 18.1. The van der Waals surface area contributed by atoms with E-state index in [9.17, 15) is 4.79 Å². The molecule has 1 aliphatic heterocycles. The minimum absolute atomic E-state index is 0.00820. The maximum Gasteiger partial charge on any atom is 0.246 e. The van der Waals surface area contributed by atoms with Crippen molar-refractivity contribution < 1.29 is 19.0 Å². The van der Waals surface area contributed by atoms with Crippen LogP contribution in [0.4, 0.5) is 0 Å². The normalized spacial score (nSPS) is 14.9. The van der Waals surface area contributed by atoms with Crippen LogP contribution in [0.1, 0.15) is 11.4 Å². The number of hydrogen-bond donors (Lipinski definition) is 0. The van der Waals surface area contributed by atoms with Gasteiger partial charge in [0.15, 0.2) is 11.5 Å². The van der Waals surface area contributed by atoms with Gasteiger partial charge in [-0.15, -0.1) is 0 Å². The third kappa shape index (κ3) is 5.13. The molecule has 162 valence electrons. The number of piperazine rings is 1. The number of rotatable bonds is 8. The summed E-state index contributed by atoms with van der Waals surface area (Å²) in [6, 6.07) is 3.64. The highest BCUT2D eigenvalue weighted by Gasteiger charge is 2.19. The maximum atomic E-state index is 12.6. The summed E-state index contributed by atoms with van der Waals surface area (Å²) in [7, 11) is 4.71. The molecular weight excluding hydrogens is 384 g/mol. The Morgan fingerprint density at radius 3 is 2.23 bits per heavy atom. The lowest BCUT2D eigenvalue weighted by Crippen LogP contribution is -2.48. The van der Waals surface area contributed by atoms with E-state index in [4.69, 9.17) is 14.2 Å². The first-order valence-corrected chi connectivity index (χ1v) is 10.0. The minimum atomic E-state index is 0.00820. The van der Waals surface area contributed by atoms with Crippen molar-refractivity contribution in [2.75, 3.05) is 54.1 Å². The van der Waals surface area contributed by atoms with Gasteiger partial charge < -0.3 is 23.7 Å². The molecule has 1 aromatic heterocycles. The predicted octanol–water partition coefficient (Wildman–Crippen LogP) is 2.07. The number of carbonyl (C=O) groups excluding carboxylic acids is 1. The van der Waals surface area contributed by atoms with Crippen molar-refractivity contribution in [3.63, 3.8) is 0 Å². The number of amides is 1. The van der Waals surface area contributed by atoms with Crippen LogP contribution in [0.5, 0.6) is 17.2 Å². The lowest BCUT2D eigenvalue weighted by Gasteiger charge is -2.34. The fourth-order valence-corrected chi connectivity index (χ4v) is 3.55. The molecule has 1 aromatic carbocycles. The molecule has 2 aromatic rings. The van der Waals surface area contributed by atoms with Gasteiger partial charge in [0, 0.05) is 57.7 Å². The van der Waals surface area contributed by atoms with Crippen LogP contribution >= 0.6 is 0 Å². The Bertz CT molecular complexity index is 860. The summed E-state index contributed by atoms with van der Waals surface area (Å²) in [5.74, 6) is 2.69. The number of aromatic nitrogens is 2. The van der Waals surface area contributed by atoms with E-state index in [1.165, 1.54) is 0 Å². The van der Waals surface area contributed by atoms with E-state index >= 15 is 0 Å². The molecule has 1 aliphatic rings. The Hall–Kier alpha value is -3.00. The van der Waals surface area contributed by atoms with E-state index in [1.807, 2.05) is 36.4 Å². The second kappa shape index (κ2) is 10.2. The highest BCUT2D eigenvalue weighted by Crippen LogP contribution is 2.38. The summed E-state index contributed by atoms with van der Waals surface area (Å²) < 4.78 is 18.2. The molecule has 8 nitrogen and oxygen atoms in total. The third-order valence-electron chi connectivity index (χ3n) is 5.37. The number of hydrogen-bond acceptors (Lipinski definition) is 6. The van der Waals surface area contributed by atoms with Crippen molar-refractivity contribution in [2.45, 2.75) is 13.5 Å². The van der Waals surface area contributed by atoms with Crippen molar-refractivity contribution in [3.05, 3.63) is 42.0 Å². The van der Waals surface area contributed by atoms with Crippen LogP contribution in [0.2, 0.25) is 0 Å². The molecule has 0 aliphatic carbocycles. The summed E-state index contributed by atoms with van der Waals surface area (Å²) in [5.41, 5.74) is 0.812. The maximum absolute atomic E-state index is 12.6. The molecule has 0 radical (unpaired) electrons. The van der Waals surface area contributed by atoms with Gasteiger partial charge in [-0.05, 0) is 30.7 Å². The Kier molecular flexibility index (Phi) is 7.35.